The second-order valence-corrected chi connectivity index (χ2v) is 9.65. The zero-order valence-corrected chi connectivity index (χ0v) is 25.0. The number of halogens is 3. The maximum Gasteiger partial charge on any atom is 1.00 e. The van der Waals surface area contributed by atoms with Crippen molar-refractivity contribution in [3.63, 3.8) is 0 Å². The molecule has 0 aliphatic rings. The number of nitrogens with zero attached hydrogens (tertiary/aromatic N) is 1. The molecular formula is C30H29F3Li2N4O6. The monoisotopic (exact) mass is 612 g/mol. The van der Waals surface area contributed by atoms with Crippen LogP contribution in [0.3, 0.4) is 0 Å². The number of aryl methyl sites for hydroxylation is 1. The number of alkyl halides is 3. The van der Waals surface area contributed by atoms with Crippen LogP contribution in [0.15, 0.2) is 66.7 Å². The molecule has 0 bridgehead atoms. The summed E-state index contributed by atoms with van der Waals surface area (Å²) >= 11 is 0. The summed E-state index contributed by atoms with van der Waals surface area (Å²) in [5.74, 6) is -3.89. The van der Waals surface area contributed by atoms with Crippen molar-refractivity contribution in [1.82, 2.24) is 9.97 Å². The van der Waals surface area contributed by atoms with E-state index in [2.05, 4.69) is 20.6 Å². The van der Waals surface area contributed by atoms with Crippen molar-refractivity contribution >= 4 is 46.2 Å². The number of aliphatic carboxylic acids is 2. The Morgan fingerprint density at radius 3 is 2.22 bits per heavy atom. The van der Waals surface area contributed by atoms with Gasteiger partial charge in [0.05, 0.1) is 17.5 Å². The van der Waals surface area contributed by atoms with Gasteiger partial charge in [-0.2, -0.15) is 13.2 Å². The molecule has 4 aromatic rings. The molecular weight excluding hydrogens is 583 g/mol. The van der Waals surface area contributed by atoms with Crippen molar-refractivity contribution in [2.45, 2.75) is 44.7 Å². The number of aromatic nitrogens is 2. The number of aliphatic hydroxyl groups is 1. The summed E-state index contributed by atoms with van der Waals surface area (Å²) < 4.78 is 31.5. The van der Waals surface area contributed by atoms with Gasteiger partial charge in [-0.05, 0) is 79.1 Å². The number of imidazole rings is 1. The fourth-order valence-corrected chi connectivity index (χ4v) is 4.22. The number of benzene rings is 3. The van der Waals surface area contributed by atoms with Crippen LogP contribution in [0.25, 0.3) is 11.0 Å². The third-order valence-corrected chi connectivity index (χ3v) is 6.33. The van der Waals surface area contributed by atoms with E-state index in [0.29, 0.717) is 24.5 Å². The van der Waals surface area contributed by atoms with Gasteiger partial charge in [0.2, 0.25) is 11.9 Å². The number of para-hydroxylation sites is 1. The van der Waals surface area contributed by atoms with Gasteiger partial charge in [0, 0.05) is 24.0 Å². The van der Waals surface area contributed by atoms with Gasteiger partial charge >= 0.3 is 43.9 Å². The number of hydrogen-bond donors (Lipinski definition) is 4. The Morgan fingerprint density at radius 2 is 1.64 bits per heavy atom. The van der Waals surface area contributed by atoms with Crippen LogP contribution >= 0.6 is 0 Å². The van der Waals surface area contributed by atoms with Crippen LogP contribution < -0.4 is 58.6 Å². The molecule has 3 aromatic carbocycles. The zero-order valence-electron chi connectivity index (χ0n) is 25.0. The van der Waals surface area contributed by atoms with Gasteiger partial charge < -0.3 is 40.5 Å². The SMILES string of the molecule is Cc1ccccc1Nc1nc2ccc(CC(=O)Nc3ccc(C(CCCO)CC(=O)[O-])cc3)cc2[nH]1.O=C([O-])C(F)(F)F.[Li+].[Li+]. The van der Waals surface area contributed by atoms with Gasteiger partial charge in [-0.15, -0.1) is 0 Å². The summed E-state index contributed by atoms with van der Waals surface area (Å²) in [7, 11) is 0. The molecule has 1 amide bonds. The number of amides is 1. The van der Waals surface area contributed by atoms with E-state index in [1.165, 1.54) is 0 Å². The van der Waals surface area contributed by atoms with Gasteiger partial charge in [-0.1, -0.05) is 36.4 Å². The topological polar surface area (TPSA) is 170 Å². The first-order valence-electron chi connectivity index (χ1n) is 13.2. The largest absolute Gasteiger partial charge is 1.00 e. The minimum absolute atomic E-state index is 0. The molecule has 1 aromatic heterocycles. The quantitative estimate of drug-likeness (QED) is 0.131. The standard InChI is InChI=1S/C28H30N4O4.C2HF3O2.2Li/c1-18-5-2-3-7-23(18)30-28-31-24-13-8-19(15-25(24)32-28)16-26(34)29-22-11-9-20(10-12-22)21(6-4-14-33)17-27(35)36;3-2(4,5)1(6)7;;/h2-3,5,7-13,15,21,33H,4,6,14,16-17H2,1H3,(H,29,34)(H,35,36)(H2,30,31,32);(H,6,7);;/q;;2*+1/p-2. The van der Waals surface area contributed by atoms with Crippen molar-refractivity contribution in [2.24, 2.45) is 0 Å². The summed E-state index contributed by atoms with van der Waals surface area (Å²) in [6.07, 6.45) is -4.04. The first-order chi connectivity index (χ1) is 20.3. The number of aromatic amines is 1. The molecule has 0 radical (unpaired) electrons. The maximum atomic E-state index is 12.6. The normalized spacial score (nSPS) is 11.2. The van der Waals surface area contributed by atoms with Crippen LogP contribution in [0, 0.1) is 6.92 Å². The summed E-state index contributed by atoms with van der Waals surface area (Å²) in [5, 5.41) is 35.1. The molecule has 0 saturated carbocycles. The Labute approximate surface area is 281 Å². The predicted molar refractivity (Wildman–Crippen MR) is 149 cm³/mol. The summed E-state index contributed by atoms with van der Waals surface area (Å²) in [6, 6.07) is 20.8. The van der Waals surface area contributed by atoms with E-state index in [1.807, 2.05) is 49.4 Å². The molecule has 15 heteroatoms. The third kappa shape index (κ3) is 12.7. The van der Waals surface area contributed by atoms with E-state index < -0.39 is 18.1 Å². The number of carboxylic acid groups (broad SMARTS) is 2. The Balaban J connectivity index is 0.00000101. The molecule has 1 atom stereocenters. The number of carbonyl (C=O) groups is 3. The van der Waals surface area contributed by atoms with Crippen molar-refractivity contribution in [2.75, 3.05) is 17.2 Å². The van der Waals surface area contributed by atoms with Crippen molar-refractivity contribution < 1.29 is 80.6 Å². The Kier molecular flexibility index (Phi) is 16.0. The fourth-order valence-electron chi connectivity index (χ4n) is 4.22. The van der Waals surface area contributed by atoms with Crippen molar-refractivity contribution in [3.8, 4) is 0 Å². The number of anilines is 3. The number of nitrogens with one attached hydrogen (secondary N) is 3. The number of carboxylic acids is 2. The van der Waals surface area contributed by atoms with E-state index in [-0.39, 0.29) is 69.0 Å². The molecule has 0 aliphatic heterocycles. The van der Waals surface area contributed by atoms with E-state index in [9.17, 15) is 27.9 Å². The van der Waals surface area contributed by atoms with Gasteiger partial charge in [0.25, 0.3) is 0 Å². The summed E-state index contributed by atoms with van der Waals surface area (Å²) in [5.41, 5.74) is 6.04. The molecule has 0 fully saturated rings. The molecule has 228 valence electrons. The number of hydrogen-bond acceptors (Lipinski definition) is 8. The average molecular weight is 612 g/mol. The second kappa shape index (κ2) is 18.3. The van der Waals surface area contributed by atoms with E-state index >= 15 is 0 Å². The van der Waals surface area contributed by atoms with E-state index in [4.69, 9.17) is 15.0 Å². The number of aliphatic hydroxyl groups excluding tert-OH is 1. The zero-order chi connectivity index (χ0) is 31.6. The number of H-pyrrole nitrogens is 1. The van der Waals surface area contributed by atoms with Crippen molar-refractivity contribution in [1.29, 1.82) is 0 Å². The van der Waals surface area contributed by atoms with Gasteiger partial charge in [0.1, 0.15) is 5.97 Å². The average Bonchev–Trinajstić information content (AvgIpc) is 3.34. The molecule has 4 N–H and O–H groups in total. The summed E-state index contributed by atoms with van der Waals surface area (Å²) in [4.78, 5) is 40.3. The molecule has 0 saturated heterocycles. The minimum Gasteiger partial charge on any atom is -0.550 e. The Morgan fingerprint density at radius 1 is 1.00 bits per heavy atom. The fraction of sp³-hybridized carbons (Fsp3) is 0.267. The predicted octanol–water partition coefficient (Wildman–Crippen LogP) is -2.90. The summed E-state index contributed by atoms with van der Waals surface area (Å²) in [6.45, 7) is 2.03. The molecule has 0 aliphatic carbocycles. The van der Waals surface area contributed by atoms with Crippen LogP contribution in [-0.4, -0.2) is 45.7 Å². The van der Waals surface area contributed by atoms with Crippen LogP contribution in [0.1, 0.15) is 41.9 Å². The number of fused-ring (bicyclic) bond motifs is 1. The second-order valence-electron chi connectivity index (χ2n) is 9.65. The smallest absolute Gasteiger partial charge is 0.550 e. The van der Waals surface area contributed by atoms with Crippen LogP contribution in [0.4, 0.5) is 30.5 Å². The van der Waals surface area contributed by atoms with Crippen molar-refractivity contribution in [3.05, 3.63) is 83.4 Å². The van der Waals surface area contributed by atoms with Crippen LogP contribution in [0.5, 0.6) is 0 Å². The molecule has 1 heterocycles. The number of rotatable bonds is 11. The Hall–Kier alpha value is -3.72. The van der Waals surface area contributed by atoms with E-state index in [0.717, 1.165) is 33.4 Å². The molecule has 1 unspecified atom stereocenters. The van der Waals surface area contributed by atoms with Gasteiger partial charge in [0.15, 0.2) is 0 Å². The molecule has 45 heavy (non-hydrogen) atoms. The number of carbonyl (C=O) groups excluding carboxylic acids is 3. The Bertz CT molecular complexity index is 1570. The van der Waals surface area contributed by atoms with Crippen LogP contribution in [0.2, 0.25) is 0 Å². The van der Waals surface area contributed by atoms with E-state index in [1.54, 1.807) is 24.3 Å². The minimum atomic E-state index is -5.19. The maximum absolute atomic E-state index is 12.6. The first kappa shape index (κ1) is 39.3. The van der Waals surface area contributed by atoms with Gasteiger partial charge in [-0.3, -0.25) is 4.79 Å². The van der Waals surface area contributed by atoms with Crippen LogP contribution in [-0.2, 0) is 20.8 Å². The third-order valence-electron chi connectivity index (χ3n) is 6.33. The molecule has 0 spiro atoms. The molecule has 10 nitrogen and oxygen atoms in total. The molecule has 4 rings (SSSR count). The van der Waals surface area contributed by atoms with Gasteiger partial charge in [-0.25, -0.2) is 4.98 Å². The first-order valence-corrected chi connectivity index (χ1v) is 13.2.